The summed E-state index contributed by atoms with van der Waals surface area (Å²) < 4.78 is 8.04. The van der Waals surface area contributed by atoms with Gasteiger partial charge in [-0.25, -0.2) is 0 Å². The van der Waals surface area contributed by atoms with Crippen molar-refractivity contribution in [3.05, 3.63) is 5.82 Å². The highest BCUT2D eigenvalue weighted by atomic mass is 16.5. The first-order chi connectivity index (χ1) is 12.1. The fraction of sp³-hybridized carbons (Fsp3) is 0.895. The molecule has 4 atom stereocenters. The number of methoxy groups -OCH3 is 1. The van der Waals surface area contributed by atoms with Gasteiger partial charge in [-0.05, 0) is 43.9 Å². The van der Waals surface area contributed by atoms with Gasteiger partial charge in [0, 0.05) is 39.3 Å². The Morgan fingerprint density at radius 3 is 2.56 bits per heavy atom. The van der Waals surface area contributed by atoms with Gasteiger partial charge in [0.1, 0.15) is 5.82 Å². The summed E-state index contributed by atoms with van der Waals surface area (Å²) in [6, 6.07) is 0.815. The van der Waals surface area contributed by atoms with E-state index in [-0.39, 0.29) is 0 Å². The lowest BCUT2D eigenvalue weighted by molar-refractivity contribution is 0.0696. The van der Waals surface area contributed by atoms with Crippen LogP contribution in [-0.2, 0) is 11.3 Å². The maximum absolute atomic E-state index is 5.76. The molecule has 2 saturated carbocycles. The molecule has 1 aliphatic heterocycles. The van der Waals surface area contributed by atoms with Crippen molar-refractivity contribution in [3.8, 4) is 0 Å². The predicted molar refractivity (Wildman–Crippen MR) is 98.8 cm³/mol. The van der Waals surface area contributed by atoms with Gasteiger partial charge in [-0.2, -0.15) is 0 Å². The van der Waals surface area contributed by atoms with Crippen LogP contribution in [0.4, 0.5) is 5.95 Å². The Morgan fingerprint density at radius 1 is 1.16 bits per heavy atom. The molecular weight excluding hydrogens is 314 g/mol. The molecule has 6 heteroatoms. The van der Waals surface area contributed by atoms with Gasteiger partial charge in [0.05, 0.1) is 12.6 Å². The highest BCUT2D eigenvalue weighted by Crippen LogP contribution is 2.37. The van der Waals surface area contributed by atoms with Crippen LogP contribution >= 0.6 is 0 Å². The van der Waals surface area contributed by atoms with Crippen molar-refractivity contribution < 1.29 is 4.74 Å². The molecule has 6 nitrogen and oxygen atoms in total. The van der Waals surface area contributed by atoms with Crippen LogP contribution < -0.4 is 4.90 Å². The number of nitrogens with zero attached hydrogens (tertiary/aromatic N) is 5. The largest absolute Gasteiger partial charge is 0.379 e. The van der Waals surface area contributed by atoms with Crippen LogP contribution in [0.5, 0.6) is 0 Å². The molecule has 2 aliphatic carbocycles. The maximum Gasteiger partial charge on any atom is 0.227 e. The first-order valence-corrected chi connectivity index (χ1v) is 9.98. The summed E-state index contributed by atoms with van der Waals surface area (Å²) in [5.41, 5.74) is 0. The zero-order valence-electron chi connectivity index (χ0n) is 16.2. The second kappa shape index (κ2) is 6.88. The third-order valence-corrected chi connectivity index (χ3v) is 6.28. The molecule has 0 N–H and O–H groups in total. The van der Waals surface area contributed by atoms with Gasteiger partial charge in [-0.3, -0.25) is 9.47 Å². The molecule has 25 heavy (non-hydrogen) atoms. The number of hydrogen-bond acceptors (Lipinski definition) is 5. The zero-order chi connectivity index (χ0) is 17.6. The number of aromatic nitrogens is 3. The third-order valence-electron chi connectivity index (χ3n) is 6.28. The average Bonchev–Trinajstić information content (AvgIpc) is 3.48. The van der Waals surface area contributed by atoms with Crippen LogP contribution in [0.2, 0.25) is 0 Å². The van der Waals surface area contributed by atoms with E-state index in [9.17, 15) is 0 Å². The summed E-state index contributed by atoms with van der Waals surface area (Å²) in [6.45, 7) is 12.2. The molecule has 0 radical (unpaired) electrons. The molecule has 1 aromatic heterocycles. The SMILES string of the molecule is COC(Cn1c(C)nnc1N1CCN(C2CC2C)CC(C)C1)C1CC1. The van der Waals surface area contributed by atoms with Gasteiger partial charge in [0.2, 0.25) is 5.95 Å². The molecule has 0 spiro atoms. The second-order valence-electron chi connectivity index (χ2n) is 8.60. The van der Waals surface area contributed by atoms with E-state index in [2.05, 4.69) is 45.3 Å². The molecule has 4 unspecified atom stereocenters. The van der Waals surface area contributed by atoms with E-state index in [4.69, 9.17) is 4.74 Å². The van der Waals surface area contributed by atoms with Crippen molar-refractivity contribution >= 4 is 5.95 Å². The maximum atomic E-state index is 5.76. The Hall–Kier alpha value is -1.14. The van der Waals surface area contributed by atoms with E-state index < -0.39 is 0 Å². The van der Waals surface area contributed by atoms with Gasteiger partial charge < -0.3 is 9.64 Å². The monoisotopic (exact) mass is 347 g/mol. The molecule has 140 valence electrons. The van der Waals surface area contributed by atoms with E-state index in [1.807, 2.05) is 7.11 Å². The van der Waals surface area contributed by atoms with Crippen LogP contribution in [0.3, 0.4) is 0 Å². The minimum Gasteiger partial charge on any atom is -0.379 e. The summed E-state index contributed by atoms with van der Waals surface area (Å²) in [5, 5.41) is 8.94. The van der Waals surface area contributed by atoms with Crippen molar-refractivity contribution in [1.82, 2.24) is 19.7 Å². The highest BCUT2D eigenvalue weighted by Gasteiger charge is 2.40. The quantitative estimate of drug-likeness (QED) is 0.789. The Bertz CT molecular complexity index is 599. The first kappa shape index (κ1) is 17.3. The molecular formula is C19H33N5O. The molecule has 3 aliphatic rings. The van der Waals surface area contributed by atoms with E-state index in [0.717, 1.165) is 55.8 Å². The van der Waals surface area contributed by atoms with E-state index in [1.54, 1.807) is 0 Å². The topological polar surface area (TPSA) is 46.4 Å². The Labute approximate surface area is 151 Å². The average molecular weight is 348 g/mol. The molecule has 3 fully saturated rings. The Kier molecular flexibility index (Phi) is 4.75. The highest BCUT2D eigenvalue weighted by molar-refractivity contribution is 5.32. The van der Waals surface area contributed by atoms with Crippen molar-refractivity contribution in [2.75, 3.05) is 38.2 Å². The molecule has 4 rings (SSSR count). The van der Waals surface area contributed by atoms with Crippen molar-refractivity contribution in [3.63, 3.8) is 0 Å². The molecule has 0 amide bonds. The lowest BCUT2D eigenvalue weighted by Gasteiger charge is -2.25. The lowest BCUT2D eigenvalue weighted by Crippen LogP contribution is -2.34. The number of ether oxygens (including phenoxy) is 1. The molecule has 0 aromatic carbocycles. The summed E-state index contributed by atoms with van der Waals surface area (Å²) in [7, 11) is 1.84. The normalized spacial score (nSPS) is 31.8. The summed E-state index contributed by atoms with van der Waals surface area (Å²) >= 11 is 0. The molecule has 1 saturated heterocycles. The van der Waals surface area contributed by atoms with E-state index in [1.165, 1.54) is 25.8 Å². The smallest absolute Gasteiger partial charge is 0.227 e. The number of anilines is 1. The summed E-state index contributed by atoms with van der Waals surface area (Å²) in [4.78, 5) is 5.16. The third kappa shape index (κ3) is 3.70. The van der Waals surface area contributed by atoms with Gasteiger partial charge in [0.25, 0.3) is 0 Å². The number of rotatable bonds is 6. The fourth-order valence-electron chi connectivity index (χ4n) is 4.44. The fourth-order valence-corrected chi connectivity index (χ4v) is 4.44. The molecule has 1 aromatic rings. The van der Waals surface area contributed by atoms with Crippen LogP contribution in [0.25, 0.3) is 0 Å². The molecule has 2 heterocycles. The first-order valence-electron chi connectivity index (χ1n) is 9.98. The van der Waals surface area contributed by atoms with Gasteiger partial charge >= 0.3 is 0 Å². The number of aryl methyl sites for hydroxylation is 1. The second-order valence-corrected chi connectivity index (χ2v) is 8.60. The van der Waals surface area contributed by atoms with Crippen LogP contribution in [0.15, 0.2) is 0 Å². The van der Waals surface area contributed by atoms with E-state index >= 15 is 0 Å². The lowest BCUT2D eigenvalue weighted by atomic mass is 10.1. The van der Waals surface area contributed by atoms with Crippen LogP contribution in [0, 0.1) is 24.7 Å². The van der Waals surface area contributed by atoms with Gasteiger partial charge in [-0.15, -0.1) is 10.2 Å². The Balaban J connectivity index is 1.49. The minimum absolute atomic E-state index is 0.293. The van der Waals surface area contributed by atoms with Crippen molar-refractivity contribution in [1.29, 1.82) is 0 Å². The minimum atomic E-state index is 0.293. The van der Waals surface area contributed by atoms with Gasteiger partial charge in [-0.1, -0.05) is 13.8 Å². The van der Waals surface area contributed by atoms with Crippen molar-refractivity contribution in [2.45, 2.75) is 58.7 Å². The van der Waals surface area contributed by atoms with Crippen LogP contribution in [-0.4, -0.2) is 65.1 Å². The van der Waals surface area contributed by atoms with Gasteiger partial charge in [0.15, 0.2) is 0 Å². The van der Waals surface area contributed by atoms with Crippen molar-refractivity contribution in [2.24, 2.45) is 17.8 Å². The Morgan fingerprint density at radius 2 is 1.92 bits per heavy atom. The predicted octanol–water partition coefficient (Wildman–Crippen LogP) is 2.18. The summed E-state index contributed by atoms with van der Waals surface area (Å²) in [6.07, 6.45) is 4.26. The standard InChI is InChI=1S/C19H33N5O/c1-13-10-22(17-9-14(17)2)7-8-23(11-13)19-21-20-15(3)24(19)12-18(25-4)16-5-6-16/h13-14,16-18H,5-12H2,1-4H3. The summed E-state index contributed by atoms with van der Waals surface area (Å²) in [5.74, 6) is 4.29. The number of hydrogen-bond donors (Lipinski definition) is 0. The van der Waals surface area contributed by atoms with E-state index in [0.29, 0.717) is 12.0 Å². The molecule has 0 bridgehead atoms. The zero-order valence-corrected chi connectivity index (χ0v) is 16.2. The van der Waals surface area contributed by atoms with Crippen LogP contribution in [0.1, 0.15) is 38.9 Å².